The van der Waals surface area contributed by atoms with E-state index in [0.29, 0.717) is 12.8 Å². The van der Waals surface area contributed by atoms with Gasteiger partial charge in [0, 0.05) is 12.8 Å². The van der Waals surface area contributed by atoms with Gasteiger partial charge in [0.05, 0.1) is 19.8 Å². The number of carbonyl (C=O) groups excluding carboxylic acids is 2. The van der Waals surface area contributed by atoms with Crippen molar-refractivity contribution in [1.82, 2.24) is 0 Å². The van der Waals surface area contributed by atoms with Crippen molar-refractivity contribution in [3.63, 3.8) is 0 Å². The Balaban J connectivity index is 4.26. The maximum atomic E-state index is 12.6. The molecule has 0 aromatic rings. The van der Waals surface area contributed by atoms with Gasteiger partial charge in [-0.15, -0.1) is 0 Å². The number of esters is 2. The number of aliphatic hydroxyl groups excluding tert-OH is 2. The van der Waals surface area contributed by atoms with E-state index in [9.17, 15) is 24.2 Å². The highest BCUT2D eigenvalue weighted by molar-refractivity contribution is 7.47. The first-order chi connectivity index (χ1) is 28.7. The van der Waals surface area contributed by atoms with Crippen molar-refractivity contribution >= 4 is 19.8 Å². The quantitative estimate of drug-likeness (QED) is 0.0234. The number of hydrogen-bond acceptors (Lipinski definition) is 9. The number of phosphoric ester groups is 1. The highest BCUT2D eigenvalue weighted by atomic mass is 31.2. The lowest BCUT2D eigenvalue weighted by molar-refractivity contribution is -0.161. The fourth-order valence-corrected chi connectivity index (χ4v) is 6.89. The lowest BCUT2D eigenvalue weighted by atomic mass is 10.0. The third kappa shape index (κ3) is 43.6. The van der Waals surface area contributed by atoms with Gasteiger partial charge in [0.25, 0.3) is 0 Å². The van der Waals surface area contributed by atoms with Crippen LogP contribution in [-0.2, 0) is 32.7 Å². The second-order valence-corrected chi connectivity index (χ2v) is 16.8. The summed E-state index contributed by atoms with van der Waals surface area (Å²) in [5.74, 6) is -0.974. The molecule has 0 fully saturated rings. The maximum absolute atomic E-state index is 12.6. The van der Waals surface area contributed by atoms with E-state index < -0.39 is 51.8 Å². The van der Waals surface area contributed by atoms with Crippen molar-refractivity contribution in [3.05, 3.63) is 60.8 Å². The molecule has 0 aromatic heterocycles. The maximum Gasteiger partial charge on any atom is 0.472 e. The zero-order valence-corrected chi connectivity index (χ0v) is 38.1. The van der Waals surface area contributed by atoms with E-state index in [2.05, 4.69) is 79.1 Å². The van der Waals surface area contributed by atoms with Gasteiger partial charge in [0.1, 0.15) is 12.7 Å². The number of phosphoric acid groups is 1. The summed E-state index contributed by atoms with van der Waals surface area (Å²) in [6, 6.07) is 0. The largest absolute Gasteiger partial charge is 0.472 e. The molecule has 3 atom stereocenters. The van der Waals surface area contributed by atoms with Crippen molar-refractivity contribution in [2.45, 2.75) is 206 Å². The van der Waals surface area contributed by atoms with E-state index in [4.69, 9.17) is 19.1 Å². The minimum absolute atomic E-state index is 0.130. The molecule has 0 heterocycles. The molecule has 0 aliphatic heterocycles. The fraction of sp³-hybridized carbons (Fsp3) is 0.750. The predicted octanol–water partition coefficient (Wildman–Crippen LogP) is 12.7. The first-order valence-corrected chi connectivity index (χ1v) is 24.7. The van der Waals surface area contributed by atoms with Crippen LogP contribution in [0.4, 0.5) is 0 Å². The van der Waals surface area contributed by atoms with Crippen molar-refractivity contribution in [2.24, 2.45) is 0 Å². The molecule has 1 unspecified atom stereocenters. The third-order valence-electron chi connectivity index (χ3n) is 9.66. The highest BCUT2D eigenvalue weighted by Gasteiger charge is 2.27. The summed E-state index contributed by atoms with van der Waals surface area (Å²) in [7, 11) is -4.63. The molecule has 0 rings (SSSR count). The van der Waals surface area contributed by atoms with Crippen molar-refractivity contribution in [3.8, 4) is 0 Å². The van der Waals surface area contributed by atoms with E-state index in [1.54, 1.807) is 0 Å². The number of carbonyl (C=O) groups is 2. The summed E-state index contributed by atoms with van der Waals surface area (Å²) in [5, 5.41) is 18.3. The monoisotopic (exact) mass is 853 g/mol. The molecule has 0 amide bonds. The zero-order valence-electron chi connectivity index (χ0n) is 37.2. The minimum Gasteiger partial charge on any atom is -0.462 e. The molecule has 0 aliphatic carbocycles. The summed E-state index contributed by atoms with van der Waals surface area (Å²) in [5.41, 5.74) is 0. The fourth-order valence-electron chi connectivity index (χ4n) is 6.10. The van der Waals surface area contributed by atoms with Crippen LogP contribution in [0, 0.1) is 0 Å². The van der Waals surface area contributed by atoms with Crippen LogP contribution in [0.3, 0.4) is 0 Å². The Hall–Kier alpha value is -2.33. The Kier molecular flexibility index (Phi) is 42.0. The average Bonchev–Trinajstić information content (AvgIpc) is 3.22. The van der Waals surface area contributed by atoms with Gasteiger partial charge in [-0.25, -0.2) is 4.57 Å². The smallest absolute Gasteiger partial charge is 0.462 e. The summed E-state index contributed by atoms with van der Waals surface area (Å²) in [6.45, 7) is 2.22. The van der Waals surface area contributed by atoms with E-state index in [1.165, 1.54) is 96.3 Å². The normalized spacial score (nSPS) is 14.3. The summed E-state index contributed by atoms with van der Waals surface area (Å²) in [4.78, 5) is 35.0. The van der Waals surface area contributed by atoms with Gasteiger partial charge in [-0.1, -0.05) is 164 Å². The number of hydrogen-bond donors (Lipinski definition) is 3. The SMILES string of the molecule is CC/C=C/C/C=C/C/C=C/C/C=C/CCCCC(=O)O[C@@H](COC(=O)CCCCCCCCCCCCC/C=C/CCCCCCCC)COP(=O)(O)OC[C@H](O)CO. The molecule has 0 saturated heterocycles. The predicted molar refractivity (Wildman–Crippen MR) is 242 cm³/mol. The molecule has 0 spiro atoms. The molecule has 11 heteroatoms. The molecule has 10 nitrogen and oxygen atoms in total. The first-order valence-electron chi connectivity index (χ1n) is 23.2. The Morgan fingerprint density at radius 1 is 0.525 bits per heavy atom. The standard InChI is InChI=1S/C48H85O10P/c1-3-5-7-9-11-13-15-17-19-20-21-22-23-24-26-27-29-31-33-35-37-39-47(51)55-43-46(44-57-59(53,54)56-42-45(50)41-49)58-48(52)40-38-36-34-32-30-28-25-18-16-14-12-10-8-6-4-2/h6,8,12,14,17-19,25,30,32,45-46,49-50H,3-5,7,9-11,13,15-16,20-24,26-29,31,33-44H2,1-2H3,(H,53,54)/b8-6+,14-12+,19-17+,25-18+,32-30+/t45-,46+/m1/s1. The van der Waals surface area contributed by atoms with Crippen molar-refractivity contribution < 1.29 is 47.8 Å². The molecule has 0 radical (unpaired) electrons. The third-order valence-corrected chi connectivity index (χ3v) is 10.6. The molecule has 3 N–H and O–H groups in total. The lowest BCUT2D eigenvalue weighted by Gasteiger charge is -2.20. The van der Waals surface area contributed by atoms with Crippen LogP contribution >= 0.6 is 7.82 Å². The molecular formula is C48H85O10P. The molecule has 0 bridgehead atoms. The highest BCUT2D eigenvalue weighted by Crippen LogP contribution is 2.43. The van der Waals surface area contributed by atoms with Gasteiger partial charge in [0.15, 0.2) is 6.10 Å². The van der Waals surface area contributed by atoms with Crippen molar-refractivity contribution in [1.29, 1.82) is 0 Å². The Morgan fingerprint density at radius 2 is 0.932 bits per heavy atom. The van der Waals surface area contributed by atoms with Crippen molar-refractivity contribution in [2.75, 3.05) is 26.4 Å². The van der Waals surface area contributed by atoms with Crippen LogP contribution in [0.2, 0.25) is 0 Å². The second-order valence-electron chi connectivity index (χ2n) is 15.4. The summed E-state index contributed by atoms with van der Waals surface area (Å²) >= 11 is 0. The van der Waals surface area contributed by atoms with Crippen LogP contribution in [-0.4, -0.2) is 65.7 Å². The van der Waals surface area contributed by atoms with Gasteiger partial charge < -0.3 is 24.6 Å². The Labute approximate surface area is 359 Å². The van der Waals surface area contributed by atoms with Gasteiger partial charge in [-0.05, 0) is 77.0 Å². The molecule has 59 heavy (non-hydrogen) atoms. The molecule has 0 saturated carbocycles. The number of ether oxygens (including phenoxy) is 2. The second kappa shape index (κ2) is 43.7. The van der Waals surface area contributed by atoms with Gasteiger partial charge >= 0.3 is 19.8 Å². The van der Waals surface area contributed by atoms with Crippen LogP contribution in [0.5, 0.6) is 0 Å². The summed E-state index contributed by atoms with van der Waals surface area (Å²) < 4.78 is 32.7. The van der Waals surface area contributed by atoms with Gasteiger partial charge in [0.2, 0.25) is 0 Å². The lowest BCUT2D eigenvalue weighted by Crippen LogP contribution is -2.29. The zero-order chi connectivity index (χ0) is 43.3. The first kappa shape index (κ1) is 56.7. The number of unbranched alkanes of at least 4 members (excludes halogenated alkanes) is 19. The topological polar surface area (TPSA) is 149 Å². The average molecular weight is 853 g/mol. The Bertz CT molecular complexity index is 1160. The molecule has 0 aromatic carbocycles. The van der Waals surface area contributed by atoms with E-state index in [0.717, 1.165) is 57.8 Å². The summed E-state index contributed by atoms with van der Waals surface area (Å²) in [6.07, 6.45) is 49.1. The van der Waals surface area contributed by atoms with Gasteiger partial charge in [-0.2, -0.15) is 0 Å². The van der Waals surface area contributed by atoms with Crippen LogP contribution < -0.4 is 0 Å². The van der Waals surface area contributed by atoms with E-state index in [1.807, 2.05) is 0 Å². The van der Waals surface area contributed by atoms with Crippen LogP contribution in [0.15, 0.2) is 60.8 Å². The van der Waals surface area contributed by atoms with Crippen LogP contribution in [0.25, 0.3) is 0 Å². The van der Waals surface area contributed by atoms with E-state index in [-0.39, 0.29) is 19.4 Å². The molecule has 342 valence electrons. The number of rotatable bonds is 43. The Morgan fingerprint density at radius 3 is 1.46 bits per heavy atom. The number of aliphatic hydroxyl groups is 2. The molecular weight excluding hydrogens is 767 g/mol. The number of allylic oxidation sites excluding steroid dienone is 10. The van der Waals surface area contributed by atoms with E-state index >= 15 is 0 Å². The van der Waals surface area contributed by atoms with Gasteiger partial charge in [-0.3, -0.25) is 18.6 Å². The minimum atomic E-state index is -4.63. The molecule has 0 aliphatic rings. The van der Waals surface area contributed by atoms with Crippen LogP contribution in [0.1, 0.15) is 194 Å².